The fraction of sp³-hybridized carbons (Fsp3) is 0.500. The standard InChI is InChI=1S/C12H18BrNO2S/c1-8(6-14)17-7-9-4-12(16-3)10(13)5-11(9)15-2/h4-5,8H,6-7,14H2,1-3H3. The van der Waals surface area contributed by atoms with E-state index in [2.05, 4.69) is 22.9 Å². The first-order valence-electron chi connectivity index (χ1n) is 5.34. The van der Waals surface area contributed by atoms with E-state index in [1.165, 1.54) is 0 Å². The van der Waals surface area contributed by atoms with Gasteiger partial charge in [-0.05, 0) is 28.1 Å². The minimum absolute atomic E-state index is 0.439. The van der Waals surface area contributed by atoms with Crippen LogP contribution in [0, 0.1) is 0 Å². The molecule has 0 bridgehead atoms. The number of thioether (sulfide) groups is 1. The molecule has 1 atom stereocenters. The van der Waals surface area contributed by atoms with Crippen molar-refractivity contribution in [3.63, 3.8) is 0 Å². The molecule has 0 aliphatic carbocycles. The van der Waals surface area contributed by atoms with Crippen LogP contribution in [0.4, 0.5) is 0 Å². The van der Waals surface area contributed by atoms with E-state index < -0.39 is 0 Å². The van der Waals surface area contributed by atoms with Crippen LogP contribution in [-0.4, -0.2) is 26.0 Å². The second-order valence-electron chi connectivity index (χ2n) is 3.66. The van der Waals surface area contributed by atoms with E-state index in [1.54, 1.807) is 14.2 Å². The lowest BCUT2D eigenvalue weighted by atomic mass is 10.2. The summed E-state index contributed by atoms with van der Waals surface area (Å²) in [7, 11) is 3.33. The van der Waals surface area contributed by atoms with E-state index in [0.717, 1.165) is 27.3 Å². The summed E-state index contributed by atoms with van der Waals surface area (Å²) in [6.45, 7) is 2.80. The minimum Gasteiger partial charge on any atom is -0.496 e. The zero-order valence-corrected chi connectivity index (χ0v) is 12.7. The predicted octanol–water partition coefficient (Wildman–Crippen LogP) is 3.05. The molecule has 2 N–H and O–H groups in total. The van der Waals surface area contributed by atoms with E-state index in [9.17, 15) is 0 Å². The molecule has 17 heavy (non-hydrogen) atoms. The van der Waals surface area contributed by atoms with Crippen molar-refractivity contribution >= 4 is 27.7 Å². The Morgan fingerprint density at radius 1 is 1.29 bits per heavy atom. The molecular weight excluding hydrogens is 302 g/mol. The zero-order chi connectivity index (χ0) is 12.8. The maximum atomic E-state index is 5.60. The third-order valence-electron chi connectivity index (χ3n) is 2.41. The fourth-order valence-corrected chi connectivity index (χ4v) is 2.65. The first-order chi connectivity index (χ1) is 8.12. The molecular formula is C12H18BrNO2S. The van der Waals surface area contributed by atoms with E-state index >= 15 is 0 Å². The Kier molecular flexibility index (Phi) is 6.16. The van der Waals surface area contributed by atoms with E-state index in [0.29, 0.717) is 11.8 Å². The van der Waals surface area contributed by atoms with Crippen LogP contribution in [0.3, 0.4) is 0 Å². The molecule has 0 aromatic heterocycles. The van der Waals surface area contributed by atoms with Gasteiger partial charge in [0.25, 0.3) is 0 Å². The van der Waals surface area contributed by atoms with Gasteiger partial charge in [0.1, 0.15) is 11.5 Å². The first-order valence-corrected chi connectivity index (χ1v) is 7.18. The molecule has 3 nitrogen and oxygen atoms in total. The normalized spacial score (nSPS) is 12.3. The molecule has 0 saturated heterocycles. The van der Waals surface area contributed by atoms with Gasteiger partial charge < -0.3 is 15.2 Å². The molecule has 0 aliphatic rings. The average molecular weight is 320 g/mol. The summed E-state index contributed by atoms with van der Waals surface area (Å²) in [5.41, 5.74) is 6.73. The second kappa shape index (κ2) is 7.13. The molecule has 0 fully saturated rings. The van der Waals surface area contributed by atoms with Crippen LogP contribution in [0.1, 0.15) is 12.5 Å². The molecule has 0 saturated carbocycles. The van der Waals surface area contributed by atoms with Gasteiger partial charge in [-0.3, -0.25) is 0 Å². The molecule has 0 radical (unpaired) electrons. The van der Waals surface area contributed by atoms with E-state index in [4.69, 9.17) is 15.2 Å². The first kappa shape index (κ1) is 14.7. The van der Waals surface area contributed by atoms with Crippen molar-refractivity contribution in [3.05, 3.63) is 22.2 Å². The summed E-state index contributed by atoms with van der Waals surface area (Å²) in [6, 6.07) is 3.93. The topological polar surface area (TPSA) is 44.5 Å². The summed E-state index contributed by atoms with van der Waals surface area (Å²) < 4.78 is 11.5. The van der Waals surface area contributed by atoms with Gasteiger partial charge in [0, 0.05) is 23.1 Å². The molecule has 1 rings (SSSR count). The lowest BCUT2D eigenvalue weighted by molar-refractivity contribution is 0.398. The molecule has 96 valence electrons. The quantitative estimate of drug-likeness (QED) is 0.875. The number of hydrogen-bond acceptors (Lipinski definition) is 4. The smallest absolute Gasteiger partial charge is 0.133 e. The second-order valence-corrected chi connectivity index (χ2v) is 5.94. The average Bonchev–Trinajstić information content (AvgIpc) is 2.36. The Labute approximate surface area is 115 Å². The highest BCUT2D eigenvalue weighted by molar-refractivity contribution is 9.10. The number of rotatable bonds is 6. The lowest BCUT2D eigenvalue weighted by Crippen LogP contribution is -2.12. The minimum atomic E-state index is 0.439. The maximum absolute atomic E-state index is 5.60. The van der Waals surface area contributed by atoms with Crippen LogP contribution >= 0.6 is 27.7 Å². The predicted molar refractivity (Wildman–Crippen MR) is 77.1 cm³/mol. The van der Waals surface area contributed by atoms with Gasteiger partial charge in [-0.2, -0.15) is 11.8 Å². The monoisotopic (exact) mass is 319 g/mol. The molecule has 1 aromatic rings. The van der Waals surface area contributed by atoms with Crippen molar-refractivity contribution in [2.24, 2.45) is 5.73 Å². The highest BCUT2D eigenvalue weighted by Gasteiger charge is 2.10. The summed E-state index contributed by atoms with van der Waals surface area (Å²) in [5.74, 6) is 2.56. The van der Waals surface area contributed by atoms with Crippen LogP contribution in [0.25, 0.3) is 0 Å². The summed E-state index contributed by atoms with van der Waals surface area (Å²) in [5, 5.41) is 0.439. The molecule has 0 amide bonds. The Hall–Kier alpha value is -0.390. The summed E-state index contributed by atoms with van der Waals surface area (Å²) in [4.78, 5) is 0. The van der Waals surface area contributed by atoms with Crippen molar-refractivity contribution in [2.75, 3.05) is 20.8 Å². The lowest BCUT2D eigenvalue weighted by Gasteiger charge is -2.14. The fourth-order valence-electron chi connectivity index (χ4n) is 1.34. The molecule has 1 aromatic carbocycles. The highest BCUT2D eigenvalue weighted by Crippen LogP contribution is 2.35. The van der Waals surface area contributed by atoms with Crippen molar-refractivity contribution in [2.45, 2.75) is 17.9 Å². The third kappa shape index (κ3) is 4.08. The molecule has 0 aliphatic heterocycles. The van der Waals surface area contributed by atoms with E-state index in [1.807, 2.05) is 23.9 Å². The highest BCUT2D eigenvalue weighted by atomic mass is 79.9. The largest absolute Gasteiger partial charge is 0.496 e. The summed E-state index contributed by atoms with van der Waals surface area (Å²) in [6.07, 6.45) is 0. The molecule has 0 heterocycles. The van der Waals surface area contributed by atoms with Crippen molar-refractivity contribution < 1.29 is 9.47 Å². The van der Waals surface area contributed by atoms with Gasteiger partial charge in [0.05, 0.1) is 18.7 Å². The number of hydrogen-bond donors (Lipinski definition) is 1. The van der Waals surface area contributed by atoms with Gasteiger partial charge in [0.2, 0.25) is 0 Å². The Bertz CT molecular complexity index is 374. The summed E-state index contributed by atoms with van der Waals surface area (Å²) >= 11 is 5.25. The van der Waals surface area contributed by atoms with Gasteiger partial charge in [-0.15, -0.1) is 0 Å². The van der Waals surface area contributed by atoms with Crippen LogP contribution < -0.4 is 15.2 Å². The number of nitrogens with two attached hydrogens (primary N) is 1. The number of ether oxygens (including phenoxy) is 2. The SMILES string of the molecule is COc1cc(CSC(C)CN)c(OC)cc1Br. The van der Waals surface area contributed by atoms with Crippen LogP contribution in [0.15, 0.2) is 16.6 Å². The number of methoxy groups -OCH3 is 2. The molecule has 0 spiro atoms. The number of halogens is 1. The van der Waals surface area contributed by atoms with Crippen molar-refractivity contribution in [3.8, 4) is 11.5 Å². The van der Waals surface area contributed by atoms with Crippen LogP contribution in [0.5, 0.6) is 11.5 Å². The Morgan fingerprint density at radius 2 is 1.94 bits per heavy atom. The molecule has 5 heteroatoms. The van der Waals surface area contributed by atoms with Crippen LogP contribution in [-0.2, 0) is 5.75 Å². The number of benzene rings is 1. The maximum Gasteiger partial charge on any atom is 0.133 e. The van der Waals surface area contributed by atoms with Gasteiger partial charge >= 0.3 is 0 Å². The Balaban J connectivity index is 2.88. The van der Waals surface area contributed by atoms with Crippen LogP contribution in [0.2, 0.25) is 0 Å². The van der Waals surface area contributed by atoms with Gasteiger partial charge in [-0.25, -0.2) is 0 Å². The van der Waals surface area contributed by atoms with E-state index in [-0.39, 0.29) is 0 Å². The molecule has 1 unspecified atom stereocenters. The van der Waals surface area contributed by atoms with Gasteiger partial charge in [0.15, 0.2) is 0 Å². The third-order valence-corrected chi connectivity index (χ3v) is 4.27. The van der Waals surface area contributed by atoms with Crippen molar-refractivity contribution in [1.29, 1.82) is 0 Å². The van der Waals surface area contributed by atoms with Gasteiger partial charge in [-0.1, -0.05) is 6.92 Å². The Morgan fingerprint density at radius 3 is 2.47 bits per heavy atom. The van der Waals surface area contributed by atoms with Crippen molar-refractivity contribution in [1.82, 2.24) is 0 Å². The zero-order valence-electron chi connectivity index (χ0n) is 10.3.